The Kier molecular flexibility index (Phi) is 2.84. The summed E-state index contributed by atoms with van der Waals surface area (Å²) in [4.78, 5) is 11.9. The molecule has 16 heavy (non-hydrogen) atoms. The molecule has 1 atom stereocenters. The van der Waals surface area contributed by atoms with E-state index >= 15 is 0 Å². The van der Waals surface area contributed by atoms with Crippen molar-refractivity contribution in [1.82, 2.24) is 10.2 Å². The lowest BCUT2D eigenvalue weighted by atomic mass is 10.1. The highest BCUT2D eigenvalue weighted by molar-refractivity contribution is 6.29. The van der Waals surface area contributed by atoms with E-state index in [0.717, 1.165) is 0 Å². The number of anilines is 1. The van der Waals surface area contributed by atoms with Gasteiger partial charge in [0.1, 0.15) is 0 Å². The fraction of sp³-hybridized carbons (Fsp3) is 0.333. The maximum Gasteiger partial charge on any atom is 0.259 e. The standard InChI is InChI=1S/C9H10ClN5O/c1-5-6(4-11)9(16)15(14-5)8-3-2-7(10)12-13-8/h2-3,6H,4,11H2,1H3. The quantitative estimate of drug-likeness (QED) is 0.811. The van der Waals surface area contributed by atoms with E-state index in [1.807, 2.05) is 0 Å². The Morgan fingerprint density at radius 1 is 1.50 bits per heavy atom. The molecule has 0 saturated carbocycles. The van der Waals surface area contributed by atoms with Gasteiger partial charge in [-0.3, -0.25) is 4.79 Å². The van der Waals surface area contributed by atoms with Gasteiger partial charge in [-0.15, -0.1) is 10.2 Å². The van der Waals surface area contributed by atoms with Crippen LogP contribution < -0.4 is 10.7 Å². The minimum absolute atomic E-state index is 0.184. The van der Waals surface area contributed by atoms with Crippen LogP contribution in [0.2, 0.25) is 5.15 Å². The van der Waals surface area contributed by atoms with Crippen molar-refractivity contribution in [3.05, 3.63) is 17.3 Å². The number of rotatable bonds is 2. The van der Waals surface area contributed by atoms with E-state index in [9.17, 15) is 4.79 Å². The second kappa shape index (κ2) is 4.15. The highest BCUT2D eigenvalue weighted by Gasteiger charge is 2.33. The van der Waals surface area contributed by atoms with Gasteiger partial charge in [0, 0.05) is 12.3 Å². The van der Waals surface area contributed by atoms with Crippen LogP contribution in [0.3, 0.4) is 0 Å². The first-order valence-electron chi connectivity index (χ1n) is 4.72. The summed E-state index contributed by atoms with van der Waals surface area (Å²) in [6.45, 7) is 2.00. The van der Waals surface area contributed by atoms with Gasteiger partial charge in [-0.05, 0) is 19.1 Å². The van der Waals surface area contributed by atoms with Crippen LogP contribution in [-0.2, 0) is 4.79 Å². The molecular formula is C9H10ClN5O. The third-order valence-corrected chi connectivity index (χ3v) is 2.54. The van der Waals surface area contributed by atoms with Gasteiger partial charge in [-0.1, -0.05) is 11.6 Å². The van der Waals surface area contributed by atoms with Gasteiger partial charge in [0.2, 0.25) is 0 Å². The first kappa shape index (κ1) is 11.0. The van der Waals surface area contributed by atoms with E-state index in [1.165, 1.54) is 5.01 Å². The molecule has 84 valence electrons. The zero-order chi connectivity index (χ0) is 11.7. The Labute approximate surface area is 97.1 Å². The lowest BCUT2D eigenvalue weighted by Gasteiger charge is -2.11. The summed E-state index contributed by atoms with van der Waals surface area (Å²) < 4.78 is 0. The topological polar surface area (TPSA) is 84.5 Å². The molecule has 0 radical (unpaired) electrons. The molecule has 0 aliphatic carbocycles. The number of halogens is 1. The SMILES string of the molecule is CC1=NN(c2ccc(Cl)nn2)C(=O)C1CN. The summed E-state index contributed by atoms with van der Waals surface area (Å²) in [6, 6.07) is 3.14. The van der Waals surface area contributed by atoms with Crippen LogP contribution >= 0.6 is 11.6 Å². The van der Waals surface area contributed by atoms with Crippen LogP contribution in [0.25, 0.3) is 0 Å². The van der Waals surface area contributed by atoms with Crippen molar-refractivity contribution < 1.29 is 4.79 Å². The number of hydrogen-bond donors (Lipinski definition) is 1. The molecule has 6 nitrogen and oxygen atoms in total. The van der Waals surface area contributed by atoms with E-state index in [2.05, 4.69) is 15.3 Å². The van der Waals surface area contributed by atoms with E-state index < -0.39 is 0 Å². The summed E-state index contributed by atoms with van der Waals surface area (Å²) in [6.07, 6.45) is 0. The van der Waals surface area contributed by atoms with Gasteiger partial charge < -0.3 is 5.73 Å². The van der Waals surface area contributed by atoms with Gasteiger partial charge in [-0.2, -0.15) is 10.1 Å². The Balaban J connectivity index is 2.30. The first-order valence-corrected chi connectivity index (χ1v) is 5.09. The smallest absolute Gasteiger partial charge is 0.259 e. The molecular weight excluding hydrogens is 230 g/mol. The number of carbonyl (C=O) groups excluding carboxylic acids is 1. The Morgan fingerprint density at radius 3 is 2.75 bits per heavy atom. The van der Waals surface area contributed by atoms with Gasteiger partial charge in [0.05, 0.1) is 5.92 Å². The zero-order valence-electron chi connectivity index (χ0n) is 8.59. The lowest BCUT2D eigenvalue weighted by Crippen LogP contribution is -2.32. The number of hydrogen-bond acceptors (Lipinski definition) is 5. The number of carbonyl (C=O) groups is 1. The van der Waals surface area contributed by atoms with Crippen molar-refractivity contribution in [3.63, 3.8) is 0 Å². The minimum atomic E-state index is -0.363. The number of hydrazone groups is 1. The molecule has 1 amide bonds. The van der Waals surface area contributed by atoms with Gasteiger partial charge >= 0.3 is 0 Å². The van der Waals surface area contributed by atoms with Gasteiger partial charge in [0.15, 0.2) is 11.0 Å². The maximum absolute atomic E-state index is 11.9. The van der Waals surface area contributed by atoms with Crippen molar-refractivity contribution >= 4 is 29.0 Å². The van der Waals surface area contributed by atoms with Crippen LogP contribution in [0.15, 0.2) is 17.2 Å². The van der Waals surface area contributed by atoms with Crippen LogP contribution in [-0.4, -0.2) is 28.4 Å². The molecule has 0 fully saturated rings. The number of aromatic nitrogens is 2. The number of amides is 1. The Hall–Kier alpha value is -1.53. The van der Waals surface area contributed by atoms with Crippen molar-refractivity contribution in [1.29, 1.82) is 0 Å². The molecule has 1 aromatic heterocycles. The molecule has 1 aromatic rings. The fourth-order valence-corrected chi connectivity index (χ4v) is 1.56. The van der Waals surface area contributed by atoms with Gasteiger partial charge in [0.25, 0.3) is 5.91 Å². The molecule has 1 aliphatic rings. The lowest BCUT2D eigenvalue weighted by molar-refractivity contribution is -0.119. The predicted molar refractivity (Wildman–Crippen MR) is 60.2 cm³/mol. The average molecular weight is 240 g/mol. The van der Waals surface area contributed by atoms with Crippen LogP contribution in [0.4, 0.5) is 5.82 Å². The Morgan fingerprint density at radius 2 is 2.25 bits per heavy atom. The summed E-state index contributed by atoms with van der Waals surface area (Å²) in [5.41, 5.74) is 6.18. The molecule has 0 spiro atoms. The molecule has 7 heteroatoms. The fourth-order valence-electron chi connectivity index (χ4n) is 1.46. The van der Waals surface area contributed by atoms with Crippen LogP contribution in [0.5, 0.6) is 0 Å². The van der Waals surface area contributed by atoms with Crippen molar-refractivity contribution in [2.75, 3.05) is 11.6 Å². The second-order valence-electron chi connectivity index (χ2n) is 3.39. The molecule has 2 N–H and O–H groups in total. The summed E-state index contributed by atoms with van der Waals surface area (Å²) >= 11 is 5.61. The maximum atomic E-state index is 11.9. The van der Waals surface area contributed by atoms with Crippen molar-refractivity contribution in [2.45, 2.75) is 6.92 Å². The molecule has 2 rings (SSSR count). The van der Waals surface area contributed by atoms with E-state index in [4.69, 9.17) is 17.3 Å². The summed E-state index contributed by atoms with van der Waals surface area (Å²) in [5, 5.41) is 13.0. The van der Waals surface area contributed by atoms with E-state index in [0.29, 0.717) is 11.5 Å². The predicted octanol–water partition coefficient (Wildman–Crippen LogP) is 0.427. The summed E-state index contributed by atoms with van der Waals surface area (Å²) in [5.74, 6) is -0.196. The van der Waals surface area contributed by atoms with Crippen molar-refractivity contribution in [2.24, 2.45) is 16.8 Å². The van der Waals surface area contributed by atoms with Crippen LogP contribution in [0, 0.1) is 5.92 Å². The monoisotopic (exact) mass is 239 g/mol. The highest BCUT2D eigenvalue weighted by atomic mass is 35.5. The van der Waals surface area contributed by atoms with E-state index in [-0.39, 0.29) is 23.5 Å². The van der Waals surface area contributed by atoms with Crippen molar-refractivity contribution in [3.8, 4) is 0 Å². The molecule has 0 saturated heterocycles. The van der Waals surface area contributed by atoms with E-state index in [1.54, 1.807) is 19.1 Å². The minimum Gasteiger partial charge on any atom is -0.329 e. The third kappa shape index (κ3) is 1.77. The molecule has 1 aliphatic heterocycles. The summed E-state index contributed by atoms with van der Waals surface area (Å²) in [7, 11) is 0. The Bertz CT molecular complexity index is 444. The molecule has 0 bridgehead atoms. The second-order valence-corrected chi connectivity index (χ2v) is 3.78. The zero-order valence-corrected chi connectivity index (χ0v) is 9.35. The molecule has 0 aromatic carbocycles. The molecule has 2 heterocycles. The number of nitrogens with two attached hydrogens (primary N) is 1. The highest BCUT2D eigenvalue weighted by Crippen LogP contribution is 2.21. The first-order chi connectivity index (χ1) is 7.63. The normalized spacial score (nSPS) is 20.2. The van der Waals surface area contributed by atoms with Gasteiger partial charge in [-0.25, -0.2) is 0 Å². The third-order valence-electron chi connectivity index (χ3n) is 2.34. The number of nitrogens with zero attached hydrogens (tertiary/aromatic N) is 4. The van der Waals surface area contributed by atoms with Crippen LogP contribution in [0.1, 0.15) is 6.92 Å². The largest absolute Gasteiger partial charge is 0.329 e. The molecule has 1 unspecified atom stereocenters. The average Bonchev–Trinajstić information content (AvgIpc) is 2.55.